The second kappa shape index (κ2) is 6.94. The Morgan fingerprint density at radius 2 is 2.00 bits per heavy atom. The first-order valence-electron chi connectivity index (χ1n) is 8.36. The van der Waals surface area contributed by atoms with Crippen molar-refractivity contribution in [3.05, 3.63) is 40.9 Å². The normalized spacial score (nSPS) is 15.7. The molecule has 1 aliphatic carbocycles. The summed E-state index contributed by atoms with van der Waals surface area (Å²) in [4.78, 5) is 31.0. The van der Waals surface area contributed by atoms with Gasteiger partial charge in [-0.15, -0.1) is 0 Å². The third-order valence-corrected chi connectivity index (χ3v) is 4.81. The van der Waals surface area contributed by atoms with E-state index in [1.807, 2.05) is 30.1 Å². The Morgan fingerprint density at radius 3 is 2.78 bits per heavy atom. The van der Waals surface area contributed by atoms with Crippen molar-refractivity contribution in [1.82, 2.24) is 14.5 Å². The molecular weight excluding hydrogens is 290 g/mol. The van der Waals surface area contributed by atoms with Crippen molar-refractivity contribution in [2.75, 3.05) is 7.05 Å². The number of fused-ring (bicyclic) bond motifs is 1. The summed E-state index contributed by atoms with van der Waals surface area (Å²) in [5.74, 6) is 0.108. The number of rotatable bonds is 4. The molecule has 3 rings (SSSR count). The Hall–Kier alpha value is -2.17. The zero-order valence-corrected chi connectivity index (χ0v) is 13.6. The fraction of sp³-hybridized carbons (Fsp3) is 0.500. The van der Waals surface area contributed by atoms with Crippen molar-refractivity contribution in [3.8, 4) is 0 Å². The average molecular weight is 313 g/mol. The van der Waals surface area contributed by atoms with Gasteiger partial charge in [-0.3, -0.25) is 14.2 Å². The number of amides is 1. The van der Waals surface area contributed by atoms with E-state index in [0.29, 0.717) is 29.9 Å². The van der Waals surface area contributed by atoms with Gasteiger partial charge in [0.25, 0.3) is 5.56 Å². The van der Waals surface area contributed by atoms with Gasteiger partial charge in [0.2, 0.25) is 5.91 Å². The van der Waals surface area contributed by atoms with Crippen molar-refractivity contribution in [2.45, 2.75) is 51.1 Å². The lowest BCUT2D eigenvalue weighted by Crippen LogP contribution is -2.39. The summed E-state index contributed by atoms with van der Waals surface area (Å²) < 4.78 is 1.54. The van der Waals surface area contributed by atoms with Crippen LogP contribution in [0.3, 0.4) is 0 Å². The quantitative estimate of drug-likeness (QED) is 0.872. The van der Waals surface area contributed by atoms with E-state index in [1.54, 1.807) is 12.4 Å². The van der Waals surface area contributed by atoms with Crippen molar-refractivity contribution in [1.29, 1.82) is 0 Å². The van der Waals surface area contributed by atoms with Crippen LogP contribution in [0.25, 0.3) is 10.9 Å². The number of para-hydroxylation sites is 1. The summed E-state index contributed by atoms with van der Waals surface area (Å²) in [6.07, 6.45) is 7.76. The predicted octanol–water partition coefficient (Wildman–Crippen LogP) is 2.58. The fourth-order valence-electron chi connectivity index (χ4n) is 3.33. The largest absolute Gasteiger partial charge is 0.343 e. The van der Waals surface area contributed by atoms with Gasteiger partial charge in [-0.1, -0.05) is 31.4 Å². The maximum atomic E-state index is 12.4. The minimum absolute atomic E-state index is 0.0799. The Balaban J connectivity index is 1.67. The number of aromatic nitrogens is 2. The van der Waals surface area contributed by atoms with E-state index in [4.69, 9.17) is 0 Å². The van der Waals surface area contributed by atoms with Crippen LogP contribution in [-0.2, 0) is 11.3 Å². The second-order valence-electron chi connectivity index (χ2n) is 6.31. The highest BCUT2D eigenvalue weighted by Crippen LogP contribution is 2.22. The van der Waals surface area contributed by atoms with E-state index < -0.39 is 0 Å². The van der Waals surface area contributed by atoms with Gasteiger partial charge in [0, 0.05) is 26.1 Å². The average Bonchev–Trinajstić information content (AvgIpc) is 2.61. The van der Waals surface area contributed by atoms with Crippen molar-refractivity contribution in [2.24, 2.45) is 0 Å². The van der Waals surface area contributed by atoms with Gasteiger partial charge in [-0.05, 0) is 25.0 Å². The van der Waals surface area contributed by atoms with Gasteiger partial charge in [0.05, 0.1) is 17.2 Å². The maximum Gasteiger partial charge on any atom is 0.261 e. The zero-order valence-electron chi connectivity index (χ0n) is 13.6. The number of aryl methyl sites for hydroxylation is 1. The molecule has 1 fully saturated rings. The highest BCUT2D eigenvalue weighted by atomic mass is 16.2. The van der Waals surface area contributed by atoms with E-state index >= 15 is 0 Å². The molecule has 1 heterocycles. The van der Waals surface area contributed by atoms with E-state index in [9.17, 15) is 9.59 Å². The van der Waals surface area contributed by atoms with Crippen LogP contribution in [0.1, 0.15) is 38.5 Å². The lowest BCUT2D eigenvalue weighted by Gasteiger charge is -2.31. The molecule has 0 spiro atoms. The van der Waals surface area contributed by atoms with Gasteiger partial charge in [-0.2, -0.15) is 0 Å². The molecule has 0 N–H and O–H groups in total. The smallest absolute Gasteiger partial charge is 0.261 e. The van der Waals surface area contributed by atoms with E-state index in [1.165, 1.54) is 23.8 Å². The number of nitrogens with zero attached hydrogens (tertiary/aromatic N) is 3. The van der Waals surface area contributed by atoms with Crippen LogP contribution in [0.15, 0.2) is 35.4 Å². The van der Waals surface area contributed by atoms with Crippen LogP contribution in [0.4, 0.5) is 0 Å². The van der Waals surface area contributed by atoms with Gasteiger partial charge < -0.3 is 4.90 Å². The van der Waals surface area contributed by atoms with Gasteiger partial charge in [-0.25, -0.2) is 4.98 Å². The summed E-state index contributed by atoms with van der Waals surface area (Å²) >= 11 is 0. The Kier molecular flexibility index (Phi) is 4.74. The van der Waals surface area contributed by atoms with E-state index in [-0.39, 0.29) is 11.5 Å². The van der Waals surface area contributed by atoms with Crippen molar-refractivity contribution < 1.29 is 4.79 Å². The number of hydrogen-bond donors (Lipinski definition) is 0. The van der Waals surface area contributed by atoms with Crippen LogP contribution in [0.5, 0.6) is 0 Å². The third-order valence-electron chi connectivity index (χ3n) is 4.81. The molecule has 5 nitrogen and oxygen atoms in total. The summed E-state index contributed by atoms with van der Waals surface area (Å²) in [6.45, 7) is 0.382. The fourth-order valence-corrected chi connectivity index (χ4v) is 3.33. The van der Waals surface area contributed by atoms with Gasteiger partial charge >= 0.3 is 0 Å². The minimum Gasteiger partial charge on any atom is -0.343 e. The molecule has 1 saturated carbocycles. The second-order valence-corrected chi connectivity index (χ2v) is 6.31. The summed E-state index contributed by atoms with van der Waals surface area (Å²) in [5, 5.41) is 0.600. The van der Waals surface area contributed by atoms with Crippen molar-refractivity contribution >= 4 is 16.8 Å². The summed E-state index contributed by atoms with van der Waals surface area (Å²) in [6, 6.07) is 7.66. The molecule has 0 aliphatic heterocycles. The molecule has 2 aromatic rings. The molecule has 0 saturated heterocycles. The molecule has 23 heavy (non-hydrogen) atoms. The Labute approximate surface area is 135 Å². The molecule has 0 atom stereocenters. The molecular formula is C18H23N3O2. The van der Waals surface area contributed by atoms with Crippen molar-refractivity contribution in [3.63, 3.8) is 0 Å². The first-order chi connectivity index (χ1) is 11.2. The SMILES string of the molecule is CN(C(=O)CCn1cnc2ccccc2c1=O)C1CCCCC1. The van der Waals surface area contributed by atoms with Crippen LogP contribution in [0.2, 0.25) is 0 Å². The van der Waals surface area contributed by atoms with E-state index in [0.717, 1.165) is 12.8 Å². The minimum atomic E-state index is -0.0799. The first-order valence-corrected chi connectivity index (χ1v) is 8.36. The standard InChI is InChI=1S/C18H23N3O2/c1-20(14-7-3-2-4-8-14)17(22)11-12-21-13-19-16-10-6-5-9-15(16)18(21)23/h5-6,9-10,13-14H,2-4,7-8,11-12H2,1H3. The van der Waals surface area contributed by atoms with Gasteiger partial charge in [0.1, 0.15) is 0 Å². The zero-order chi connectivity index (χ0) is 16.2. The Bertz CT molecular complexity index is 747. The molecule has 1 aromatic carbocycles. The molecule has 5 heteroatoms. The lowest BCUT2D eigenvalue weighted by molar-refractivity contribution is -0.132. The number of benzene rings is 1. The van der Waals surface area contributed by atoms with Gasteiger partial charge in [0.15, 0.2) is 0 Å². The van der Waals surface area contributed by atoms with Crippen LogP contribution >= 0.6 is 0 Å². The molecule has 0 unspecified atom stereocenters. The molecule has 0 bridgehead atoms. The van der Waals surface area contributed by atoms with Crippen LogP contribution in [0, 0.1) is 0 Å². The van der Waals surface area contributed by atoms with E-state index in [2.05, 4.69) is 4.98 Å². The lowest BCUT2D eigenvalue weighted by atomic mass is 9.94. The molecule has 122 valence electrons. The number of carbonyl (C=O) groups is 1. The predicted molar refractivity (Wildman–Crippen MR) is 90.3 cm³/mol. The highest BCUT2D eigenvalue weighted by molar-refractivity contribution is 5.77. The monoisotopic (exact) mass is 313 g/mol. The molecule has 0 radical (unpaired) electrons. The summed E-state index contributed by atoms with van der Waals surface area (Å²) in [7, 11) is 1.89. The molecule has 1 aliphatic rings. The third kappa shape index (κ3) is 3.44. The van der Waals surface area contributed by atoms with Crippen LogP contribution in [-0.4, -0.2) is 33.4 Å². The number of carbonyl (C=O) groups excluding carboxylic acids is 1. The Morgan fingerprint density at radius 1 is 1.26 bits per heavy atom. The van der Waals surface area contributed by atoms with Crippen LogP contribution < -0.4 is 5.56 Å². The highest BCUT2D eigenvalue weighted by Gasteiger charge is 2.21. The number of hydrogen-bond acceptors (Lipinski definition) is 3. The topological polar surface area (TPSA) is 55.2 Å². The summed E-state index contributed by atoms with van der Waals surface area (Å²) in [5.41, 5.74) is 0.614. The molecule has 1 aromatic heterocycles. The molecule has 1 amide bonds. The first kappa shape index (κ1) is 15.7. The maximum absolute atomic E-state index is 12.4.